The molecule has 1 aromatic carbocycles. The number of hydrogen-bond donors (Lipinski definition) is 0. The monoisotopic (exact) mass is 351 g/mol. The van der Waals surface area contributed by atoms with Crippen molar-refractivity contribution in [2.75, 3.05) is 20.1 Å². The van der Waals surface area contributed by atoms with E-state index in [2.05, 4.69) is 88.7 Å². The van der Waals surface area contributed by atoms with Gasteiger partial charge in [-0.3, -0.25) is 0 Å². The van der Waals surface area contributed by atoms with Gasteiger partial charge < -0.3 is 4.90 Å². The summed E-state index contributed by atoms with van der Waals surface area (Å²) < 4.78 is 0. The molecule has 1 nitrogen and oxygen atoms in total. The number of aryl methyl sites for hydroxylation is 1. The van der Waals surface area contributed by atoms with Crippen LogP contribution < -0.4 is 0 Å². The van der Waals surface area contributed by atoms with Gasteiger partial charge in [-0.2, -0.15) is 0 Å². The van der Waals surface area contributed by atoms with E-state index < -0.39 is 0 Å². The Bertz CT molecular complexity index is 627. The van der Waals surface area contributed by atoms with Gasteiger partial charge in [0.15, 0.2) is 0 Å². The van der Waals surface area contributed by atoms with Crippen LogP contribution in [0.3, 0.4) is 0 Å². The maximum absolute atomic E-state index is 4.65. The summed E-state index contributed by atoms with van der Waals surface area (Å²) >= 11 is 0. The topological polar surface area (TPSA) is 3.24 Å². The molecule has 1 aliphatic rings. The zero-order valence-electron chi connectivity index (χ0n) is 17.5. The third-order valence-electron chi connectivity index (χ3n) is 6.03. The van der Waals surface area contributed by atoms with E-state index in [1.807, 2.05) is 0 Å². The van der Waals surface area contributed by atoms with E-state index >= 15 is 0 Å². The predicted octanol–water partition coefficient (Wildman–Crippen LogP) is 6.53. The van der Waals surface area contributed by atoms with Gasteiger partial charge in [0.05, 0.1) is 0 Å². The molecular formula is C25H37N. The van der Waals surface area contributed by atoms with Crippen molar-refractivity contribution in [3.8, 4) is 0 Å². The zero-order chi connectivity index (χ0) is 19.1. The fraction of sp³-hybridized carbons (Fsp3) is 0.520. The lowest BCUT2D eigenvalue weighted by Crippen LogP contribution is -2.33. The summed E-state index contributed by atoms with van der Waals surface area (Å²) in [7, 11) is 2.24. The van der Waals surface area contributed by atoms with Crippen LogP contribution in [0.15, 0.2) is 60.2 Å². The van der Waals surface area contributed by atoms with Crippen molar-refractivity contribution >= 4 is 0 Å². The van der Waals surface area contributed by atoms with E-state index in [-0.39, 0.29) is 0 Å². The molecule has 0 N–H and O–H groups in total. The van der Waals surface area contributed by atoms with E-state index in [1.165, 1.54) is 48.2 Å². The minimum Gasteiger partial charge on any atom is -0.306 e. The highest BCUT2D eigenvalue weighted by molar-refractivity contribution is 5.43. The number of rotatable bonds is 7. The summed E-state index contributed by atoms with van der Waals surface area (Å²) in [5.74, 6) is 1.65. The number of benzene rings is 1. The van der Waals surface area contributed by atoms with E-state index in [0.717, 1.165) is 6.42 Å². The molecule has 1 fully saturated rings. The number of piperidine rings is 1. The van der Waals surface area contributed by atoms with Gasteiger partial charge in [-0.05, 0) is 81.8 Å². The second-order valence-corrected chi connectivity index (χ2v) is 8.01. The first kappa shape index (κ1) is 20.7. The molecule has 1 aromatic rings. The van der Waals surface area contributed by atoms with Crippen molar-refractivity contribution in [2.45, 2.75) is 52.9 Å². The van der Waals surface area contributed by atoms with E-state index in [1.54, 1.807) is 0 Å². The van der Waals surface area contributed by atoms with Crippen molar-refractivity contribution in [1.29, 1.82) is 0 Å². The smallest absolute Gasteiger partial charge is 0.0115 e. The van der Waals surface area contributed by atoms with Gasteiger partial charge in [-0.15, -0.1) is 0 Å². The van der Waals surface area contributed by atoms with Crippen LogP contribution in [0.5, 0.6) is 0 Å². The molecule has 142 valence electrons. The van der Waals surface area contributed by atoms with Crippen molar-refractivity contribution < 1.29 is 0 Å². The molecule has 0 radical (unpaired) electrons. The molecule has 0 bridgehead atoms. The average molecular weight is 352 g/mol. The Morgan fingerprint density at radius 1 is 1.23 bits per heavy atom. The van der Waals surface area contributed by atoms with Crippen LogP contribution in [0, 0.1) is 18.8 Å². The molecule has 0 aromatic heterocycles. The van der Waals surface area contributed by atoms with Crippen molar-refractivity contribution in [2.24, 2.45) is 11.8 Å². The summed E-state index contributed by atoms with van der Waals surface area (Å²) in [5.41, 5.74) is 5.52. The molecule has 2 unspecified atom stereocenters. The molecule has 1 saturated heterocycles. The van der Waals surface area contributed by atoms with Gasteiger partial charge in [-0.1, -0.05) is 68.5 Å². The van der Waals surface area contributed by atoms with Crippen molar-refractivity contribution in [3.63, 3.8) is 0 Å². The number of likely N-dealkylation sites (tertiary alicyclic amines) is 1. The fourth-order valence-corrected chi connectivity index (χ4v) is 4.08. The first-order valence-corrected chi connectivity index (χ1v) is 10.2. The van der Waals surface area contributed by atoms with Gasteiger partial charge in [0.2, 0.25) is 0 Å². The Morgan fingerprint density at radius 2 is 1.85 bits per heavy atom. The van der Waals surface area contributed by atoms with Crippen LogP contribution in [-0.4, -0.2) is 25.0 Å². The number of hydrogen-bond acceptors (Lipinski definition) is 1. The normalized spacial score (nSPS) is 19.7. The second-order valence-electron chi connectivity index (χ2n) is 8.01. The Morgan fingerprint density at radius 3 is 2.38 bits per heavy atom. The molecule has 26 heavy (non-hydrogen) atoms. The predicted molar refractivity (Wildman–Crippen MR) is 116 cm³/mol. The van der Waals surface area contributed by atoms with Gasteiger partial charge in [-0.25, -0.2) is 0 Å². The SMILES string of the molecule is C=C(/C(=C\C=C/C)C(C)CC)C(c1ccc(C)cc1)C1CCN(C)CC1. The molecule has 2 rings (SSSR count). The van der Waals surface area contributed by atoms with Gasteiger partial charge in [0.1, 0.15) is 0 Å². The van der Waals surface area contributed by atoms with Crippen LogP contribution >= 0.6 is 0 Å². The van der Waals surface area contributed by atoms with Gasteiger partial charge in [0, 0.05) is 5.92 Å². The van der Waals surface area contributed by atoms with E-state index in [9.17, 15) is 0 Å². The largest absolute Gasteiger partial charge is 0.306 e. The molecule has 0 spiro atoms. The van der Waals surface area contributed by atoms with Crippen molar-refractivity contribution in [1.82, 2.24) is 4.90 Å². The van der Waals surface area contributed by atoms with E-state index in [0.29, 0.717) is 17.8 Å². The summed E-state index contributed by atoms with van der Waals surface area (Å²) in [6, 6.07) is 9.16. The molecule has 0 saturated carbocycles. The lowest BCUT2D eigenvalue weighted by atomic mass is 9.72. The number of allylic oxidation sites excluding steroid dienone is 5. The quantitative estimate of drug-likeness (QED) is 0.505. The minimum absolute atomic E-state index is 0.426. The van der Waals surface area contributed by atoms with Crippen LogP contribution in [0.1, 0.15) is 57.1 Å². The van der Waals surface area contributed by atoms with Crippen LogP contribution in [0.25, 0.3) is 0 Å². The average Bonchev–Trinajstić information content (AvgIpc) is 2.65. The first-order valence-electron chi connectivity index (χ1n) is 10.2. The Hall–Kier alpha value is -1.60. The fourth-order valence-electron chi connectivity index (χ4n) is 4.08. The standard InChI is InChI=1S/C25H37N/c1-7-9-10-24(20(4)8-2)21(5)25(22-13-11-19(3)12-14-22)23-15-17-26(6)18-16-23/h7,9-14,20,23,25H,5,8,15-18H2,1-4,6H3/b9-7-,24-10-. The third kappa shape index (κ3) is 5.20. The summed E-state index contributed by atoms with van der Waals surface area (Å²) in [6.45, 7) is 15.9. The molecular weight excluding hydrogens is 314 g/mol. The van der Waals surface area contributed by atoms with E-state index in [4.69, 9.17) is 0 Å². The summed E-state index contributed by atoms with van der Waals surface area (Å²) in [4.78, 5) is 2.46. The lowest BCUT2D eigenvalue weighted by Gasteiger charge is -2.37. The van der Waals surface area contributed by atoms with Crippen LogP contribution in [-0.2, 0) is 0 Å². The molecule has 1 heteroatoms. The third-order valence-corrected chi connectivity index (χ3v) is 6.03. The Kier molecular flexibility index (Phi) is 7.90. The molecule has 2 atom stereocenters. The van der Waals surface area contributed by atoms with Gasteiger partial charge in [0.25, 0.3) is 0 Å². The maximum Gasteiger partial charge on any atom is 0.0115 e. The molecule has 0 aliphatic carbocycles. The van der Waals surface area contributed by atoms with Crippen LogP contribution in [0.2, 0.25) is 0 Å². The first-order chi connectivity index (χ1) is 12.5. The summed E-state index contributed by atoms with van der Waals surface area (Å²) in [5, 5.41) is 0. The van der Waals surface area contributed by atoms with Gasteiger partial charge >= 0.3 is 0 Å². The van der Waals surface area contributed by atoms with Crippen molar-refractivity contribution in [3.05, 3.63) is 71.3 Å². The highest BCUT2D eigenvalue weighted by atomic mass is 15.1. The minimum atomic E-state index is 0.426. The highest BCUT2D eigenvalue weighted by Crippen LogP contribution is 2.42. The highest BCUT2D eigenvalue weighted by Gasteiger charge is 2.30. The molecule has 1 aliphatic heterocycles. The molecule has 0 amide bonds. The number of nitrogens with zero attached hydrogens (tertiary/aromatic N) is 1. The lowest BCUT2D eigenvalue weighted by molar-refractivity contribution is 0.206. The summed E-state index contributed by atoms with van der Waals surface area (Å²) in [6.07, 6.45) is 10.2. The maximum atomic E-state index is 4.65. The second kappa shape index (κ2) is 9.92. The molecule has 1 heterocycles. The Balaban J connectivity index is 2.40. The zero-order valence-corrected chi connectivity index (χ0v) is 17.5. The van der Waals surface area contributed by atoms with Crippen LogP contribution in [0.4, 0.5) is 0 Å². The Labute approximate surface area is 161 Å².